The number of ether oxygens (including phenoxy) is 2. The van der Waals surface area contributed by atoms with Crippen LogP contribution in [0.4, 0.5) is 10.6 Å². The molecule has 3 heterocycles. The van der Waals surface area contributed by atoms with E-state index in [2.05, 4.69) is 29.1 Å². The lowest BCUT2D eigenvalue weighted by molar-refractivity contribution is -0.0522. The maximum Gasteiger partial charge on any atom is 0.481 e. The number of amides is 1. The first-order valence-corrected chi connectivity index (χ1v) is 12.1. The molecule has 1 unspecified atom stereocenters. The van der Waals surface area contributed by atoms with Gasteiger partial charge in [-0.05, 0) is 0 Å². The number of rotatable bonds is 9. The van der Waals surface area contributed by atoms with E-state index in [1.54, 1.807) is 0 Å². The van der Waals surface area contributed by atoms with Crippen molar-refractivity contribution in [2.24, 2.45) is 5.73 Å². The molecule has 20 heteroatoms. The van der Waals surface area contributed by atoms with Gasteiger partial charge in [0.05, 0.1) is 12.9 Å². The Labute approximate surface area is 184 Å². The number of nitrogens with one attached hydrogen (secondary N) is 1. The van der Waals surface area contributed by atoms with Crippen LogP contribution in [0.3, 0.4) is 0 Å². The number of hydrogen-bond acceptors (Lipinski definition) is 13. The van der Waals surface area contributed by atoms with Gasteiger partial charge >= 0.3 is 21.7 Å². The Kier molecular flexibility index (Phi) is 7.65. The Balaban J connectivity index is 1.84. The molecule has 1 fully saturated rings. The second kappa shape index (κ2) is 9.94. The molecule has 3 rings (SSSR count). The summed E-state index contributed by atoms with van der Waals surface area (Å²) >= 11 is 0. The Hall–Kier alpha value is -2.24. The van der Waals surface area contributed by atoms with Crippen LogP contribution < -0.4 is 16.8 Å². The van der Waals surface area contributed by atoms with Crippen molar-refractivity contribution in [1.29, 1.82) is 0 Å². The molecule has 1 aliphatic heterocycles. The van der Waals surface area contributed by atoms with E-state index in [0.717, 1.165) is 6.33 Å². The lowest BCUT2D eigenvalue weighted by Gasteiger charge is -2.22. The zero-order valence-electron chi connectivity index (χ0n) is 16.6. The van der Waals surface area contributed by atoms with Crippen molar-refractivity contribution in [3.05, 3.63) is 12.7 Å². The van der Waals surface area contributed by atoms with Crippen LogP contribution >= 0.6 is 15.6 Å². The Morgan fingerprint density at radius 2 is 2.00 bits per heavy atom. The van der Waals surface area contributed by atoms with Gasteiger partial charge in [0.25, 0.3) is 0 Å². The summed E-state index contributed by atoms with van der Waals surface area (Å²) in [4.78, 5) is 50.8. The number of alkyl carbamates (subject to hydrolysis) is 1. The van der Waals surface area contributed by atoms with E-state index in [4.69, 9.17) is 30.7 Å². The lowest BCUT2D eigenvalue weighted by Crippen LogP contribution is -2.40. The van der Waals surface area contributed by atoms with Gasteiger partial charge in [-0.2, -0.15) is 4.31 Å². The van der Waals surface area contributed by atoms with Crippen LogP contribution in [0.5, 0.6) is 0 Å². The smallest absolute Gasteiger partial charge is 0.439 e. The van der Waals surface area contributed by atoms with E-state index >= 15 is 0 Å². The standard InChI is InChI=1S/C13H21N7O11P2/c14-1-2-16-13(22)30-9-8(21)6(3-28-33(26,27)31-32(23,24)25)29-12(9)20-5-19-7-10(15)17-4-18-11(7)20/h4-6,8-9,12,21H,1-3,14H2,(H,16,22)(H,26,27)(H2,15,17,18)(H2,23,24,25)/t6-,8-,9-,12-/m1/s1. The third-order valence-electron chi connectivity index (χ3n) is 4.24. The zero-order valence-corrected chi connectivity index (χ0v) is 18.4. The second-order valence-corrected chi connectivity index (χ2v) is 9.39. The van der Waals surface area contributed by atoms with Gasteiger partial charge in [-0.1, -0.05) is 0 Å². The van der Waals surface area contributed by atoms with Crippen LogP contribution in [0.15, 0.2) is 12.7 Å². The third-order valence-corrected chi connectivity index (χ3v) is 6.39. The van der Waals surface area contributed by atoms with Crippen LogP contribution in [0.1, 0.15) is 6.23 Å². The number of aliphatic hydroxyl groups excluding tert-OH is 1. The summed E-state index contributed by atoms with van der Waals surface area (Å²) in [5, 5.41) is 13.0. The number of anilines is 1. The van der Waals surface area contributed by atoms with E-state index < -0.39 is 52.9 Å². The van der Waals surface area contributed by atoms with Gasteiger partial charge in [-0.25, -0.2) is 28.9 Å². The summed E-state index contributed by atoms with van der Waals surface area (Å²) in [6.07, 6.45) is -4.30. The van der Waals surface area contributed by atoms with Crippen LogP contribution in [0.25, 0.3) is 11.2 Å². The van der Waals surface area contributed by atoms with E-state index in [0.29, 0.717) is 0 Å². The van der Waals surface area contributed by atoms with Gasteiger partial charge in [0.2, 0.25) is 0 Å². The number of fused-ring (bicyclic) bond motifs is 1. The maximum atomic E-state index is 12.1. The minimum absolute atomic E-state index is 0.0474. The van der Waals surface area contributed by atoms with Crippen molar-refractivity contribution in [2.75, 3.05) is 25.4 Å². The number of nitrogen functional groups attached to an aromatic ring is 1. The number of nitrogens with two attached hydrogens (primary N) is 2. The molecule has 0 spiro atoms. The highest BCUT2D eigenvalue weighted by molar-refractivity contribution is 7.60. The van der Waals surface area contributed by atoms with Gasteiger partial charge in [-0.15, -0.1) is 0 Å². The molecule has 0 aliphatic carbocycles. The fraction of sp³-hybridized carbons (Fsp3) is 0.538. The summed E-state index contributed by atoms with van der Waals surface area (Å²) < 4.78 is 42.9. The first-order valence-electron chi connectivity index (χ1n) is 9.07. The molecule has 0 radical (unpaired) electrons. The fourth-order valence-corrected chi connectivity index (χ4v) is 4.53. The van der Waals surface area contributed by atoms with Gasteiger partial charge in [0, 0.05) is 13.1 Å². The highest BCUT2D eigenvalue weighted by Crippen LogP contribution is 2.57. The predicted molar refractivity (Wildman–Crippen MR) is 106 cm³/mol. The first-order chi connectivity index (χ1) is 15.4. The van der Waals surface area contributed by atoms with Crippen LogP contribution in [-0.4, -0.2) is 83.4 Å². The average Bonchev–Trinajstić information content (AvgIpc) is 3.26. The van der Waals surface area contributed by atoms with Crippen molar-refractivity contribution in [3.8, 4) is 0 Å². The van der Waals surface area contributed by atoms with Gasteiger partial charge in [0.1, 0.15) is 24.1 Å². The Morgan fingerprint density at radius 3 is 2.67 bits per heavy atom. The number of carbonyl (C=O) groups excluding carboxylic acids is 1. The Morgan fingerprint density at radius 1 is 1.27 bits per heavy atom. The van der Waals surface area contributed by atoms with E-state index in [1.807, 2.05) is 0 Å². The minimum atomic E-state index is -5.36. The molecule has 0 saturated carbocycles. The third kappa shape index (κ3) is 6.21. The molecule has 18 nitrogen and oxygen atoms in total. The minimum Gasteiger partial charge on any atom is -0.439 e. The molecule has 2 aromatic rings. The number of imidazole rings is 1. The molecule has 9 N–H and O–H groups in total. The summed E-state index contributed by atoms with van der Waals surface area (Å²) in [5.74, 6) is 0.0474. The number of phosphoric acid groups is 2. The molecule has 33 heavy (non-hydrogen) atoms. The van der Waals surface area contributed by atoms with Crippen molar-refractivity contribution >= 4 is 38.7 Å². The first kappa shape index (κ1) is 25.4. The fourth-order valence-electron chi connectivity index (χ4n) is 2.93. The normalized spacial score (nSPS) is 25.1. The SMILES string of the molecule is NCCNC(=O)O[C@@H]1[C@H](O)[C@@H](COP(=O)(O)OP(=O)(O)O)O[C@H]1n1cnc2c(N)ncnc21. The molecule has 0 aromatic carbocycles. The molecule has 2 aromatic heterocycles. The monoisotopic (exact) mass is 513 g/mol. The number of phosphoric ester groups is 1. The highest BCUT2D eigenvalue weighted by Gasteiger charge is 2.49. The quantitative estimate of drug-likeness (QED) is 0.178. The number of aliphatic hydroxyl groups is 1. The predicted octanol–water partition coefficient (Wildman–Crippen LogP) is -2.05. The van der Waals surface area contributed by atoms with Gasteiger partial charge in [-0.3, -0.25) is 9.09 Å². The summed E-state index contributed by atoms with van der Waals surface area (Å²) in [7, 11) is -10.6. The maximum absolute atomic E-state index is 12.1. The van der Waals surface area contributed by atoms with Crippen molar-refractivity contribution in [3.63, 3.8) is 0 Å². The summed E-state index contributed by atoms with van der Waals surface area (Å²) in [6, 6.07) is 0. The van der Waals surface area contributed by atoms with Crippen molar-refractivity contribution < 1.29 is 52.0 Å². The topological polar surface area (TPSA) is 277 Å². The average molecular weight is 513 g/mol. The number of hydrogen-bond donors (Lipinski definition) is 7. The number of carbonyl (C=O) groups is 1. The number of aromatic nitrogens is 4. The molecular weight excluding hydrogens is 492 g/mol. The highest BCUT2D eigenvalue weighted by atomic mass is 31.3. The molecule has 1 saturated heterocycles. The van der Waals surface area contributed by atoms with Crippen LogP contribution in [0, 0.1) is 0 Å². The molecule has 1 amide bonds. The molecule has 1 aliphatic rings. The molecule has 0 bridgehead atoms. The van der Waals surface area contributed by atoms with Crippen molar-refractivity contribution in [2.45, 2.75) is 24.5 Å². The number of nitrogens with zero attached hydrogens (tertiary/aromatic N) is 4. The van der Waals surface area contributed by atoms with Crippen LogP contribution in [-0.2, 0) is 27.4 Å². The molecule has 5 atom stereocenters. The summed E-state index contributed by atoms with van der Waals surface area (Å²) in [6.45, 7) is -0.684. The van der Waals surface area contributed by atoms with E-state index in [9.17, 15) is 23.9 Å². The van der Waals surface area contributed by atoms with Gasteiger partial charge in [0.15, 0.2) is 23.8 Å². The Bertz CT molecular complexity index is 1090. The zero-order chi connectivity index (χ0) is 24.4. The van der Waals surface area contributed by atoms with E-state index in [1.165, 1.54) is 10.9 Å². The molecule has 184 valence electrons. The largest absolute Gasteiger partial charge is 0.481 e. The van der Waals surface area contributed by atoms with Gasteiger partial charge < -0.3 is 46.0 Å². The molecular formula is C13H21N7O11P2. The van der Waals surface area contributed by atoms with Crippen LogP contribution in [0.2, 0.25) is 0 Å². The van der Waals surface area contributed by atoms with Crippen molar-refractivity contribution in [1.82, 2.24) is 24.8 Å². The second-order valence-electron chi connectivity index (χ2n) is 6.56. The summed E-state index contributed by atoms with van der Waals surface area (Å²) in [5.41, 5.74) is 11.4. The van der Waals surface area contributed by atoms with E-state index in [-0.39, 0.29) is 30.1 Å². The lowest BCUT2D eigenvalue weighted by atomic mass is 10.1.